The Morgan fingerprint density at radius 2 is 1.85 bits per heavy atom. The van der Waals surface area contributed by atoms with Crippen molar-refractivity contribution >= 4 is 24.5 Å². The fourth-order valence-electron chi connectivity index (χ4n) is 1.96. The molecule has 0 unspecified atom stereocenters. The first-order valence-corrected chi connectivity index (χ1v) is 6.29. The molecule has 0 aliphatic carbocycles. The molecule has 1 aromatic rings. The molecule has 0 aromatic heterocycles. The van der Waals surface area contributed by atoms with Crippen LogP contribution in [0.5, 0.6) is 0 Å². The predicted molar refractivity (Wildman–Crippen MR) is 75.6 cm³/mol. The van der Waals surface area contributed by atoms with Crippen molar-refractivity contribution < 1.29 is 18.9 Å². The smallest absolute Gasteiger partial charge is 0.494 e. The van der Waals surface area contributed by atoms with Gasteiger partial charge in [0, 0.05) is 5.47 Å². The molecule has 0 N–H and O–H groups in total. The van der Waals surface area contributed by atoms with Crippen LogP contribution >= 0.6 is 0 Å². The summed E-state index contributed by atoms with van der Waals surface area (Å²) in [5, 5.41) is 0. The zero-order valence-corrected chi connectivity index (χ0v) is 11.6. The van der Waals surface area contributed by atoms with Gasteiger partial charge in [-0.1, -0.05) is 36.4 Å². The number of carbonyl (C=O) groups excluding carboxylic acids is 2. The number of carbonyl (C=O) groups is 2. The second-order valence-corrected chi connectivity index (χ2v) is 4.88. The molecule has 1 saturated heterocycles. The molecular formula is C14H16BNO4. The van der Waals surface area contributed by atoms with Gasteiger partial charge in [0.25, 0.3) is 0 Å². The zero-order valence-electron chi connectivity index (χ0n) is 11.6. The maximum Gasteiger partial charge on any atom is 0.636 e. The number of hydrogen-bond donors (Lipinski definition) is 0. The lowest BCUT2D eigenvalue weighted by Gasteiger charge is -2.23. The third kappa shape index (κ3) is 3.48. The highest BCUT2D eigenvalue weighted by Crippen LogP contribution is 2.19. The van der Waals surface area contributed by atoms with E-state index in [0.29, 0.717) is 5.47 Å². The largest absolute Gasteiger partial charge is 0.636 e. The minimum Gasteiger partial charge on any atom is -0.494 e. The lowest BCUT2D eigenvalue weighted by Crippen LogP contribution is -2.42. The Morgan fingerprint density at radius 3 is 2.40 bits per heavy atom. The third-order valence-electron chi connectivity index (χ3n) is 2.95. The Bertz CT molecular complexity index is 538. The second kappa shape index (κ2) is 5.92. The Morgan fingerprint density at radius 1 is 1.25 bits per heavy atom. The van der Waals surface area contributed by atoms with Crippen LogP contribution in [0.25, 0.3) is 5.47 Å². The van der Waals surface area contributed by atoms with Crippen molar-refractivity contribution in [2.75, 3.05) is 20.1 Å². The van der Waals surface area contributed by atoms with E-state index in [1.807, 2.05) is 31.2 Å². The van der Waals surface area contributed by atoms with Gasteiger partial charge < -0.3 is 9.31 Å². The average molecular weight is 273 g/mol. The van der Waals surface area contributed by atoms with E-state index >= 15 is 0 Å². The van der Waals surface area contributed by atoms with Crippen LogP contribution in [0.15, 0.2) is 30.8 Å². The molecule has 1 aromatic carbocycles. The first-order valence-electron chi connectivity index (χ1n) is 6.29. The number of nitrogens with zero attached hydrogens (tertiary/aromatic N) is 1. The molecule has 1 heterocycles. The molecule has 2 rings (SSSR count). The number of rotatable bonds is 2. The van der Waals surface area contributed by atoms with E-state index in [1.54, 1.807) is 7.05 Å². The van der Waals surface area contributed by atoms with Crippen molar-refractivity contribution in [3.8, 4) is 0 Å². The van der Waals surface area contributed by atoms with Crippen molar-refractivity contribution in [3.63, 3.8) is 0 Å². The molecule has 0 spiro atoms. The number of hydrogen-bond acceptors (Lipinski definition) is 5. The first-order chi connectivity index (χ1) is 9.45. The number of likely N-dealkylation sites (N-methyl/N-ethyl adjacent to an activating group) is 1. The van der Waals surface area contributed by atoms with E-state index in [2.05, 4.69) is 6.58 Å². The predicted octanol–water partition coefficient (Wildman–Crippen LogP) is 1.07. The first kappa shape index (κ1) is 14.3. The highest BCUT2D eigenvalue weighted by molar-refractivity contribution is 6.70. The van der Waals surface area contributed by atoms with Crippen molar-refractivity contribution in [3.05, 3.63) is 42.0 Å². The quantitative estimate of drug-likeness (QED) is 0.754. The highest BCUT2D eigenvalue weighted by Gasteiger charge is 2.35. The molecule has 1 aliphatic heterocycles. The van der Waals surface area contributed by atoms with Crippen LogP contribution in [0.2, 0.25) is 0 Å². The van der Waals surface area contributed by atoms with Crippen molar-refractivity contribution in [2.24, 2.45) is 0 Å². The van der Waals surface area contributed by atoms with Crippen LogP contribution in [0, 0.1) is 6.92 Å². The molecule has 5 nitrogen and oxygen atoms in total. The summed E-state index contributed by atoms with van der Waals surface area (Å²) in [6.07, 6.45) is 0. The van der Waals surface area contributed by atoms with Crippen LogP contribution in [-0.4, -0.2) is 44.1 Å². The van der Waals surface area contributed by atoms with Crippen LogP contribution in [0.3, 0.4) is 0 Å². The summed E-state index contributed by atoms with van der Waals surface area (Å²) in [4.78, 5) is 24.9. The standard InChI is InChI=1S/C14H16BNO4/c1-10-5-4-6-12(7-10)11(2)15-19-13(17)8-16(3)9-14(18)20-15/h4-7H,2,8-9H2,1,3H3. The van der Waals surface area contributed by atoms with E-state index in [9.17, 15) is 9.59 Å². The molecule has 104 valence electrons. The minimum atomic E-state index is -1.06. The second-order valence-electron chi connectivity index (χ2n) is 4.88. The van der Waals surface area contributed by atoms with Crippen molar-refractivity contribution in [1.29, 1.82) is 0 Å². The van der Waals surface area contributed by atoms with Gasteiger partial charge in [-0.15, -0.1) is 0 Å². The maximum absolute atomic E-state index is 11.7. The van der Waals surface area contributed by atoms with Gasteiger partial charge in [0.1, 0.15) is 0 Å². The molecule has 6 heteroatoms. The minimum absolute atomic E-state index is 0.0483. The topological polar surface area (TPSA) is 55.8 Å². The van der Waals surface area contributed by atoms with Crippen molar-refractivity contribution in [1.82, 2.24) is 4.90 Å². The Kier molecular flexibility index (Phi) is 4.24. The average Bonchev–Trinajstić information content (AvgIpc) is 2.35. The van der Waals surface area contributed by atoms with Gasteiger partial charge >= 0.3 is 19.1 Å². The summed E-state index contributed by atoms with van der Waals surface area (Å²) >= 11 is 0. The molecule has 0 atom stereocenters. The van der Waals surface area contributed by atoms with Gasteiger partial charge in [-0.3, -0.25) is 14.5 Å². The summed E-state index contributed by atoms with van der Waals surface area (Å²) in [7, 11) is 0.587. The lowest BCUT2D eigenvalue weighted by atomic mass is 9.74. The van der Waals surface area contributed by atoms with Gasteiger partial charge in [0.15, 0.2) is 0 Å². The van der Waals surface area contributed by atoms with Crippen LogP contribution in [0.4, 0.5) is 0 Å². The Hall–Kier alpha value is -2.08. The summed E-state index contributed by atoms with van der Waals surface area (Å²) in [5.74, 6) is -0.891. The lowest BCUT2D eigenvalue weighted by molar-refractivity contribution is -0.145. The Labute approximate surface area is 118 Å². The SMILES string of the molecule is C=C(B1OC(=O)CN(C)CC(=O)O1)c1cccc(C)c1. The molecule has 0 bridgehead atoms. The van der Waals surface area contributed by atoms with Gasteiger partial charge in [-0.2, -0.15) is 0 Å². The molecule has 20 heavy (non-hydrogen) atoms. The fourth-order valence-corrected chi connectivity index (χ4v) is 1.96. The van der Waals surface area contributed by atoms with Crippen LogP contribution < -0.4 is 0 Å². The normalized spacial score (nSPS) is 17.0. The monoisotopic (exact) mass is 273 g/mol. The summed E-state index contributed by atoms with van der Waals surface area (Å²) in [6, 6.07) is 7.55. The van der Waals surface area contributed by atoms with Gasteiger partial charge in [0.2, 0.25) is 0 Å². The molecule has 1 aliphatic rings. The van der Waals surface area contributed by atoms with E-state index in [0.717, 1.165) is 11.1 Å². The van der Waals surface area contributed by atoms with Crippen molar-refractivity contribution in [2.45, 2.75) is 6.92 Å². The molecule has 0 saturated carbocycles. The summed E-state index contributed by atoms with van der Waals surface area (Å²) in [5.41, 5.74) is 2.29. The summed E-state index contributed by atoms with van der Waals surface area (Å²) in [6.45, 7) is 5.92. The molecular weight excluding hydrogens is 257 g/mol. The molecule has 0 radical (unpaired) electrons. The highest BCUT2D eigenvalue weighted by atomic mass is 16.6. The van der Waals surface area contributed by atoms with E-state index in [1.165, 1.54) is 4.90 Å². The van der Waals surface area contributed by atoms with Gasteiger partial charge in [0.05, 0.1) is 13.1 Å². The summed E-state index contributed by atoms with van der Waals surface area (Å²) < 4.78 is 10.3. The fraction of sp³-hybridized carbons (Fsp3) is 0.286. The maximum atomic E-state index is 11.7. The van der Waals surface area contributed by atoms with Crippen LogP contribution in [-0.2, 0) is 18.9 Å². The van der Waals surface area contributed by atoms with Gasteiger partial charge in [-0.25, -0.2) is 0 Å². The van der Waals surface area contributed by atoms with Crippen LogP contribution in [0.1, 0.15) is 11.1 Å². The zero-order chi connectivity index (χ0) is 14.7. The molecule has 1 fully saturated rings. The van der Waals surface area contributed by atoms with Gasteiger partial charge in [-0.05, 0) is 19.5 Å². The Balaban J connectivity index is 2.19. The van der Waals surface area contributed by atoms with E-state index < -0.39 is 19.1 Å². The van der Waals surface area contributed by atoms with E-state index in [-0.39, 0.29) is 13.1 Å². The van der Waals surface area contributed by atoms with E-state index in [4.69, 9.17) is 9.31 Å². The number of benzene rings is 1. The third-order valence-corrected chi connectivity index (χ3v) is 2.95. The number of aryl methyl sites for hydroxylation is 1. The molecule has 0 amide bonds.